The van der Waals surface area contributed by atoms with E-state index < -0.39 is 6.04 Å². The number of carbonyl (C=O) groups excluding carboxylic acids is 2. The molecule has 156 valence electrons. The minimum atomic E-state index is -0.544. The molecule has 0 fully saturated rings. The van der Waals surface area contributed by atoms with Gasteiger partial charge in [0.2, 0.25) is 11.8 Å². The van der Waals surface area contributed by atoms with E-state index in [0.29, 0.717) is 23.1 Å². The summed E-state index contributed by atoms with van der Waals surface area (Å²) in [5, 5.41) is 3.60. The molecule has 0 aliphatic rings. The van der Waals surface area contributed by atoms with Gasteiger partial charge in [0.15, 0.2) is 0 Å². The first-order valence-electron chi connectivity index (χ1n) is 9.74. The molecule has 0 saturated carbocycles. The molecule has 2 aromatic rings. The number of hydrogen-bond acceptors (Lipinski definition) is 3. The number of benzene rings is 2. The molecule has 0 heterocycles. The highest BCUT2D eigenvalue weighted by molar-refractivity contribution is 7.99. The minimum absolute atomic E-state index is 0.0260. The molecule has 0 aliphatic carbocycles. The fourth-order valence-corrected chi connectivity index (χ4v) is 4.03. The van der Waals surface area contributed by atoms with Crippen molar-refractivity contribution >= 4 is 35.2 Å². The van der Waals surface area contributed by atoms with E-state index in [1.165, 1.54) is 11.8 Å². The zero-order chi connectivity index (χ0) is 21.4. The number of aryl methyl sites for hydroxylation is 1. The van der Waals surface area contributed by atoms with Gasteiger partial charge in [0.1, 0.15) is 6.04 Å². The van der Waals surface area contributed by atoms with Gasteiger partial charge in [-0.2, -0.15) is 0 Å². The van der Waals surface area contributed by atoms with Crippen LogP contribution in [-0.2, 0) is 21.9 Å². The number of amides is 2. The maximum atomic E-state index is 13.0. The topological polar surface area (TPSA) is 49.4 Å². The molecule has 2 amide bonds. The smallest absolute Gasteiger partial charge is 0.242 e. The Kier molecular flexibility index (Phi) is 9.05. The van der Waals surface area contributed by atoms with Gasteiger partial charge < -0.3 is 10.2 Å². The summed E-state index contributed by atoms with van der Waals surface area (Å²) >= 11 is 7.56. The van der Waals surface area contributed by atoms with Gasteiger partial charge in [0.05, 0.1) is 5.75 Å². The zero-order valence-electron chi connectivity index (χ0n) is 17.4. The van der Waals surface area contributed by atoms with Crippen LogP contribution in [0.3, 0.4) is 0 Å². The van der Waals surface area contributed by atoms with Crippen LogP contribution >= 0.6 is 23.4 Å². The lowest BCUT2D eigenvalue weighted by molar-refractivity contribution is -0.138. The van der Waals surface area contributed by atoms with Gasteiger partial charge >= 0.3 is 0 Å². The van der Waals surface area contributed by atoms with E-state index in [9.17, 15) is 9.59 Å². The van der Waals surface area contributed by atoms with Gasteiger partial charge in [-0.05, 0) is 51.0 Å². The van der Waals surface area contributed by atoms with Gasteiger partial charge in [-0.1, -0.05) is 53.6 Å². The number of hydrogen-bond donors (Lipinski definition) is 1. The zero-order valence-corrected chi connectivity index (χ0v) is 19.0. The molecule has 1 atom stereocenters. The van der Waals surface area contributed by atoms with Crippen LogP contribution in [0.1, 0.15) is 37.5 Å². The fourth-order valence-electron chi connectivity index (χ4n) is 2.96. The quantitative estimate of drug-likeness (QED) is 0.617. The van der Waals surface area contributed by atoms with Crippen molar-refractivity contribution in [2.24, 2.45) is 0 Å². The van der Waals surface area contributed by atoms with Crippen molar-refractivity contribution in [3.63, 3.8) is 0 Å². The van der Waals surface area contributed by atoms with Crippen molar-refractivity contribution in [2.45, 2.75) is 52.1 Å². The van der Waals surface area contributed by atoms with Crippen molar-refractivity contribution in [3.8, 4) is 0 Å². The van der Waals surface area contributed by atoms with E-state index >= 15 is 0 Å². The predicted octanol–water partition coefficient (Wildman–Crippen LogP) is 4.82. The van der Waals surface area contributed by atoms with Gasteiger partial charge in [0, 0.05) is 23.4 Å². The van der Waals surface area contributed by atoms with Crippen molar-refractivity contribution in [1.29, 1.82) is 0 Å². The summed E-state index contributed by atoms with van der Waals surface area (Å²) in [7, 11) is 0. The molecule has 0 bridgehead atoms. The van der Waals surface area contributed by atoms with Crippen LogP contribution in [0.2, 0.25) is 5.02 Å². The maximum Gasteiger partial charge on any atom is 0.242 e. The highest BCUT2D eigenvalue weighted by Crippen LogP contribution is 2.18. The summed E-state index contributed by atoms with van der Waals surface area (Å²) in [5.41, 5.74) is 3.22. The second-order valence-corrected chi connectivity index (χ2v) is 8.89. The lowest BCUT2D eigenvalue weighted by Crippen LogP contribution is -2.49. The molecule has 6 heteroatoms. The Morgan fingerprint density at radius 2 is 1.76 bits per heavy atom. The lowest BCUT2D eigenvalue weighted by atomic mass is 10.1. The summed E-state index contributed by atoms with van der Waals surface area (Å²) in [5.74, 6) is 0.806. The first-order chi connectivity index (χ1) is 13.8. The van der Waals surface area contributed by atoms with Crippen molar-refractivity contribution in [1.82, 2.24) is 10.2 Å². The van der Waals surface area contributed by atoms with Gasteiger partial charge in [-0.25, -0.2) is 0 Å². The van der Waals surface area contributed by atoms with Crippen LogP contribution in [0, 0.1) is 6.92 Å². The highest BCUT2D eigenvalue weighted by Gasteiger charge is 2.26. The Morgan fingerprint density at radius 1 is 1.07 bits per heavy atom. The first kappa shape index (κ1) is 23.3. The molecule has 29 heavy (non-hydrogen) atoms. The minimum Gasteiger partial charge on any atom is -0.352 e. The summed E-state index contributed by atoms with van der Waals surface area (Å²) in [6.45, 7) is 8.04. The van der Waals surface area contributed by atoms with E-state index in [1.807, 2.05) is 69.3 Å². The fraction of sp³-hybridized carbons (Fsp3) is 0.391. The second-order valence-electron chi connectivity index (χ2n) is 7.47. The Bertz CT molecular complexity index is 841. The van der Waals surface area contributed by atoms with Crippen LogP contribution in [0.4, 0.5) is 0 Å². The van der Waals surface area contributed by atoms with E-state index in [4.69, 9.17) is 11.6 Å². The van der Waals surface area contributed by atoms with Gasteiger partial charge in [-0.3, -0.25) is 9.59 Å². The Morgan fingerprint density at radius 3 is 2.41 bits per heavy atom. The molecule has 1 N–H and O–H groups in total. The molecule has 2 rings (SSSR count). The number of halogens is 1. The molecule has 0 spiro atoms. The average Bonchev–Trinajstić information content (AvgIpc) is 2.65. The Labute approximate surface area is 183 Å². The number of nitrogens with one attached hydrogen (secondary N) is 1. The van der Waals surface area contributed by atoms with E-state index in [-0.39, 0.29) is 17.9 Å². The average molecular weight is 433 g/mol. The molecule has 4 nitrogen and oxygen atoms in total. The molecule has 1 unspecified atom stereocenters. The molecule has 0 aliphatic heterocycles. The van der Waals surface area contributed by atoms with Gasteiger partial charge in [0.25, 0.3) is 0 Å². The molecule has 2 aromatic carbocycles. The third-order valence-corrected chi connectivity index (χ3v) is 5.64. The summed E-state index contributed by atoms with van der Waals surface area (Å²) in [6, 6.07) is 15.1. The first-order valence-corrected chi connectivity index (χ1v) is 11.3. The van der Waals surface area contributed by atoms with E-state index in [0.717, 1.165) is 16.7 Å². The SMILES string of the molecule is Cc1cccc(CN(C(=O)CSCc2cccc(Cl)c2)C(C)C(=O)NC(C)C)c1. The molecule has 0 aromatic heterocycles. The van der Waals surface area contributed by atoms with Crippen molar-refractivity contribution in [3.05, 3.63) is 70.2 Å². The van der Waals surface area contributed by atoms with Crippen LogP contribution in [0.15, 0.2) is 48.5 Å². The number of carbonyl (C=O) groups is 2. The van der Waals surface area contributed by atoms with Crippen LogP contribution in [-0.4, -0.2) is 34.6 Å². The van der Waals surface area contributed by atoms with Gasteiger partial charge in [-0.15, -0.1) is 11.8 Å². The standard InChI is InChI=1S/C23H29ClN2O2S/c1-16(2)25-23(28)18(4)26(13-19-8-5-7-17(3)11-19)22(27)15-29-14-20-9-6-10-21(24)12-20/h5-12,16,18H,13-15H2,1-4H3,(H,25,28). The largest absolute Gasteiger partial charge is 0.352 e. The number of thioether (sulfide) groups is 1. The molecule has 0 radical (unpaired) electrons. The van der Waals surface area contributed by atoms with E-state index in [2.05, 4.69) is 5.32 Å². The molecule has 0 saturated heterocycles. The Hall–Kier alpha value is -1.98. The highest BCUT2D eigenvalue weighted by atomic mass is 35.5. The van der Waals surface area contributed by atoms with E-state index in [1.54, 1.807) is 11.8 Å². The second kappa shape index (κ2) is 11.3. The lowest BCUT2D eigenvalue weighted by Gasteiger charge is -2.29. The third kappa shape index (κ3) is 7.75. The third-order valence-electron chi connectivity index (χ3n) is 4.42. The predicted molar refractivity (Wildman–Crippen MR) is 122 cm³/mol. The van der Waals surface area contributed by atoms with Crippen molar-refractivity contribution < 1.29 is 9.59 Å². The molecular formula is C23H29ClN2O2S. The maximum absolute atomic E-state index is 13.0. The Balaban J connectivity index is 2.07. The summed E-state index contributed by atoms with van der Waals surface area (Å²) in [4.78, 5) is 27.2. The van der Waals surface area contributed by atoms with Crippen LogP contribution in [0.5, 0.6) is 0 Å². The van der Waals surface area contributed by atoms with Crippen molar-refractivity contribution in [2.75, 3.05) is 5.75 Å². The normalized spacial score (nSPS) is 11.9. The molecular weight excluding hydrogens is 404 g/mol. The monoisotopic (exact) mass is 432 g/mol. The number of nitrogens with zero attached hydrogens (tertiary/aromatic N) is 1. The number of rotatable bonds is 9. The summed E-state index contributed by atoms with van der Waals surface area (Å²) < 4.78 is 0. The van der Waals surface area contributed by atoms with Crippen LogP contribution in [0.25, 0.3) is 0 Å². The van der Waals surface area contributed by atoms with Crippen LogP contribution < -0.4 is 5.32 Å². The summed E-state index contributed by atoms with van der Waals surface area (Å²) in [6.07, 6.45) is 0.